The van der Waals surface area contributed by atoms with E-state index in [1.165, 1.54) is 0 Å². The minimum Gasteiger partial charge on any atom is -0.478 e. The second-order valence-electron chi connectivity index (χ2n) is 5.87. The minimum absolute atomic E-state index is 0.150. The molecule has 0 saturated carbocycles. The molecule has 0 radical (unpaired) electrons. The molecule has 6 heteroatoms. The van der Waals surface area contributed by atoms with Crippen molar-refractivity contribution in [3.63, 3.8) is 0 Å². The third kappa shape index (κ3) is 3.27. The van der Waals surface area contributed by atoms with Crippen LogP contribution in [-0.2, 0) is 0 Å². The fraction of sp³-hybridized carbons (Fsp3) is 0. The number of aromatic nitrogens is 3. The van der Waals surface area contributed by atoms with E-state index in [4.69, 9.17) is 0 Å². The molecule has 2 aromatic carbocycles. The number of nitrogens with zero attached hydrogens (tertiary/aromatic N) is 3. The van der Waals surface area contributed by atoms with Crippen LogP contribution < -0.4 is 0 Å². The highest BCUT2D eigenvalue weighted by molar-refractivity contribution is 9.10. The topological polar surface area (TPSA) is 68.0 Å². The van der Waals surface area contributed by atoms with Gasteiger partial charge in [-0.3, -0.25) is 4.98 Å². The molecular formula is C21H14BrN3O2. The van der Waals surface area contributed by atoms with E-state index in [1.54, 1.807) is 23.1 Å². The highest BCUT2D eigenvalue weighted by Crippen LogP contribution is 2.34. The number of carboxylic acids is 1. The second kappa shape index (κ2) is 7.17. The van der Waals surface area contributed by atoms with Gasteiger partial charge in [-0.1, -0.05) is 46.3 Å². The average Bonchev–Trinajstić information content (AvgIpc) is 3.11. The Morgan fingerprint density at radius 2 is 1.63 bits per heavy atom. The molecule has 2 aromatic heterocycles. The molecule has 0 aliphatic heterocycles. The number of pyridine rings is 1. The van der Waals surface area contributed by atoms with Crippen LogP contribution in [0.25, 0.3) is 28.2 Å². The predicted molar refractivity (Wildman–Crippen MR) is 107 cm³/mol. The molecule has 132 valence electrons. The van der Waals surface area contributed by atoms with E-state index >= 15 is 0 Å². The van der Waals surface area contributed by atoms with E-state index in [0.29, 0.717) is 17.0 Å². The van der Waals surface area contributed by atoms with E-state index in [2.05, 4.69) is 26.0 Å². The quantitative estimate of drug-likeness (QED) is 0.501. The van der Waals surface area contributed by atoms with Gasteiger partial charge < -0.3 is 5.11 Å². The van der Waals surface area contributed by atoms with Crippen LogP contribution >= 0.6 is 15.9 Å². The fourth-order valence-electron chi connectivity index (χ4n) is 2.96. The van der Waals surface area contributed by atoms with Gasteiger partial charge in [0.25, 0.3) is 0 Å². The van der Waals surface area contributed by atoms with Crippen LogP contribution in [0.3, 0.4) is 0 Å². The van der Waals surface area contributed by atoms with Crippen LogP contribution in [0.2, 0.25) is 0 Å². The Morgan fingerprint density at radius 1 is 0.926 bits per heavy atom. The summed E-state index contributed by atoms with van der Waals surface area (Å²) in [7, 11) is 0. The molecule has 0 aliphatic carbocycles. The van der Waals surface area contributed by atoms with Crippen molar-refractivity contribution in [3.05, 3.63) is 89.2 Å². The zero-order valence-electron chi connectivity index (χ0n) is 14.1. The molecule has 0 aliphatic rings. The number of hydrogen-bond donors (Lipinski definition) is 1. The summed E-state index contributed by atoms with van der Waals surface area (Å²) in [6.07, 6.45) is 3.27. The maximum absolute atomic E-state index is 12.2. The van der Waals surface area contributed by atoms with Gasteiger partial charge >= 0.3 is 5.97 Å². The number of aromatic carboxylic acids is 1. The molecule has 4 aromatic rings. The Bertz CT molecular complexity index is 1090. The molecule has 1 N–H and O–H groups in total. The Balaban J connectivity index is 2.06. The number of hydrogen-bond acceptors (Lipinski definition) is 3. The molecule has 0 spiro atoms. The summed E-state index contributed by atoms with van der Waals surface area (Å²) in [5, 5.41) is 14.7. The smallest absolute Gasteiger partial charge is 0.340 e. The predicted octanol–water partition coefficient (Wildman–Crippen LogP) is 5.06. The normalized spacial score (nSPS) is 10.7. The highest BCUT2D eigenvalue weighted by Gasteiger charge is 2.26. The largest absolute Gasteiger partial charge is 0.478 e. The van der Waals surface area contributed by atoms with Gasteiger partial charge in [-0.15, -0.1) is 0 Å². The van der Waals surface area contributed by atoms with E-state index in [1.807, 2.05) is 60.7 Å². The van der Waals surface area contributed by atoms with E-state index < -0.39 is 5.97 Å². The van der Waals surface area contributed by atoms with Gasteiger partial charge in [0.2, 0.25) is 0 Å². The SMILES string of the molecule is O=C(O)c1c(-c2cccnc2)nn(-c2ccc(Br)cc2)c1-c1ccccc1. The van der Waals surface area contributed by atoms with Crippen molar-refractivity contribution in [2.75, 3.05) is 0 Å². The molecule has 27 heavy (non-hydrogen) atoms. The third-order valence-corrected chi connectivity index (χ3v) is 4.68. The first-order chi connectivity index (χ1) is 13.1. The lowest BCUT2D eigenvalue weighted by Crippen LogP contribution is -2.03. The van der Waals surface area contributed by atoms with Crippen LogP contribution in [0.4, 0.5) is 0 Å². The molecule has 5 nitrogen and oxygen atoms in total. The summed E-state index contributed by atoms with van der Waals surface area (Å²) >= 11 is 3.43. The van der Waals surface area contributed by atoms with Crippen LogP contribution in [-0.4, -0.2) is 25.8 Å². The van der Waals surface area contributed by atoms with Crippen molar-refractivity contribution in [1.82, 2.24) is 14.8 Å². The van der Waals surface area contributed by atoms with Crippen molar-refractivity contribution in [1.29, 1.82) is 0 Å². The molecule has 0 amide bonds. The molecule has 4 rings (SSSR count). The lowest BCUT2D eigenvalue weighted by molar-refractivity contribution is 0.0698. The molecule has 0 fully saturated rings. The van der Waals surface area contributed by atoms with Gasteiger partial charge in [0.1, 0.15) is 11.3 Å². The van der Waals surface area contributed by atoms with Crippen molar-refractivity contribution in [2.24, 2.45) is 0 Å². The molecule has 2 heterocycles. The van der Waals surface area contributed by atoms with Crippen LogP contribution in [0.5, 0.6) is 0 Å². The Kier molecular flexibility index (Phi) is 4.56. The molecular weight excluding hydrogens is 406 g/mol. The number of benzene rings is 2. The average molecular weight is 420 g/mol. The zero-order valence-corrected chi connectivity index (χ0v) is 15.7. The van der Waals surface area contributed by atoms with Gasteiger partial charge in [-0.25, -0.2) is 9.48 Å². The molecule has 0 unspecified atom stereocenters. The summed E-state index contributed by atoms with van der Waals surface area (Å²) in [6.45, 7) is 0. The maximum atomic E-state index is 12.2. The lowest BCUT2D eigenvalue weighted by atomic mass is 10.0. The summed E-state index contributed by atoms with van der Waals surface area (Å²) in [5.74, 6) is -1.03. The van der Waals surface area contributed by atoms with Crippen LogP contribution in [0, 0.1) is 0 Å². The fourth-order valence-corrected chi connectivity index (χ4v) is 3.22. The van der Waals surface area contributed by atoms with Gasteiger partial charge in [0.05, 0.1) is 11.4 Å². The maximum Gasteiger partial charge on any atom is 0.340 e. The van der Waals surface area contributed by atoms with Crippen molar-refractivity contribution in [3.8, 4) is 28.2 Å². The summed E-state index contributed by atoms with van der Waals surface area (Å²) in [4.78, 5) is 16.3. The van der Waals surface area contributed by atoms with Crippen LogP contribution in [0.15, 0.2) is 83.6 Å². The molecule has 0 atom stereocenters. The highest BCUT2D eigenvalue weighted by atomic mass is 79.9. The van der Waals surface area contributed by atoms with Gasteiger partial charge in [-0.2, -0.15) is 5.10 Å². The molecule has 0 saturated heterocycles. The monoisotopic (exact) mass is 419 g/mol. The standard InChI is InChI=1S/C21H14BrN3O2/c22-16-8-10-17(11-9-16)25-20(14-5-2-1-3-6-14)18(21(26)27)19(24-25)15-7-4-12-23-13-15/h1-13H,(H,26,27). The lowest BCUT2D eigenvalue weighted by Gasteiger charge is -2.09. The van der Waals surface area contributed by atoms with Crippen molar-refractivity contribution >= 4 is 21.9 Å². The van der Waals surface area contributed by atoms with Crippen molar-refractivity contribution in [2.45, 2.75) is 0 Å². The Labute approximate surface area is 164 Å². The number of rotatable bonds is 4. The van der Waals surface area contributed by atoms with Gasteiger partial charge in [0.15, 0.2) is 0 Å². The van der Waals surface area contributed by atoms with E-state index in [-0.39, 0.29) is 5.56 Å². The Morgan fingerprint density at radius 3 is 2.26 bits per heavy atom. The zero-order chi connectivity index (χ0) is 18.8. The Hall–Kier alpha value is -3.25. The number of halogens is 1. The first-order valence-electron chi connectivity index (χ1n) is 8.23. The second-order valence-corrected chi connectivity index (χ2v) is 6.79. The summed E-state index contributed by atoms with van der Waals surface area (Å²) in [6, 6.07) is 20.6. The van der Waals surface area contributed by atoms with Crippen LogP contribution in [0.1, 0.15) is 10.4 Å². The van der Waals surface area contributed by atoms with Crippen molar-refractivity contribution < 1.29 is 9.90 Å². The number of carbonyl (C=O) groups is 1. The third-order valence-electron chi connectivity index (χ3n) is 4.15. The van der Waals surface area contributed by atoms with Gasteiger partial charge in [0, 0.05) is 28.0 Å². The molecule has 0 bridgehead atoms. The van der Waals surface area contributed by atoms with E-state index in [0.717, 1.165) is 15.7 Å². The van der Waals surface area contributed by atoms with E-state index in [9.17, 15) is 9.90 Å². The summed E-state index contributed by atoms with van der Waals surface area (Å²) in [5.41, 5.74) is 3.27. The summed E-state index contributed by atoms with van der Waals surface area (Å²) < 4.78 is 2.61. The van der Waals surface area contributed by atoms with Gasteiger partial charge in [-0.05, 0) is 36.4 Å². The minimum atomic E-state index is -1.03. The first kappa shape index (κ1) is 17.2. The first-order valence-corrected chi connectivity index (χ1v) is 9.02. The number of carboxylic acid groups (broad SMARTS) is 1.